The lowest BCUT2D eigenvalue weighted by atomic mass is 10.2. The first-order valence-electron chi connectivity index (χ1n) is 11.6. The Balaban J connectivity index is 1.87. The lowest BCUT2D eigenvalue weighted by molar-refractivity contribution is 0.141. The van der Waals surface area contributed by atoms with Gasteiger partial charge in [-0.05, 0) is 44.5 Å². The van der Waals surface area contributed by atoms with Gasteiger partial charge in [0.15, 0.2) is 11.3 Å². The molecule has 5 rings (SSSR count). The molecule has 2 aromatic carbocycles. The Morgan fingerprint density at radius 3 is 2.43 bits per heavy atom. The van der Waals surface area contributed by atoms with E-state index in [0.29, 0.717) is 76.9 Å². The van der Waals surface area contributed by atoms with Crippen molar-refractivity contribution in [2.24, 2.45) is 0 Å². The van der Waals surface area contributed by atoms with Gasteiger partial charge in [-0.15, -0.1) is 0 Å². The van der Waals surface area contributed by atoms with Crippen molar-refractivity contribution in [2.75, 3.05) is 27.4 Å². The number of nitrogens with zero attached hydrogens (tertiary/aromatic N) is 5. The van der Waals surface area contributed by atoms with E-state index in [0.717, 1.165) is 5.52 Å². The van der Waals surface area contributed by atoms with Crippen molar-refractivity contribution in [1.82, 2.24) is 24.1 Å². The molecule has 0 saturated carbocycles. The standard InChI is InChI=1S/C26H27N5O4/c1-5-35-14-8-13-30-16(2)27-24-22(26(30)32)23-25(29-19-10-7-6-9-18(19)28-23)31(24)20-15-17(33-3)11-12-21(20)34-4/h6-7,9-12,15H,5,8,13-14H2,1-4H3. The topological polar surface area (TPSA) is 93.3 Å². The largest absolute Gasteiger partial charge is 0.497 e. The van der Waals surface area contributed by atoms with Crippen molar-refractivity contribution in [3.8, 4) is 17.2 Å². The van der Waals surface area contributed by atoms with Gasteiger partial charge in [-0.1, -0.05) is 12.1 Å². The first kappa shape index (κ1) is 22.8. The third kappa shape index (κ3) is 3.87. The van der Waals surface area contributed by atoms with E-state index in [2.05, 4.69) is 0 Å². The van der Waals surface area contributed by atoms with Gasteiger partial charge >= 0.3 is 0 Å². The molecule has 0 saturated heterocycles. The minimum atomic E-state index is -0.154. The molecule has 0 aliphatic carbocycles. The number of rotatable bonds is 8. The monoisotopic (exact) mass is 473 g/mol. The Kier molecular flexibility index (Phi) is 6.08. The van der Waals surface area contributed by atoms with Gasteiger partial charge in [-0.25, -0.2) is 15.0 Å². The highest BCUT2D eigenvalue weighted by Gasteiger charge is 2.24. The first-order chi connectivity index (χ1) is 17.1. The number of hydrogen-bond donors (Lipinski definition) is 0. The predicted octanol–water partition coefficient (Wildman–Crippen LogP) is 4.04. The van der Waals surface area contributed by atoms with E-state index in [4.69, 9.17) is 29.2 Å². The summed E-state index contributed by atoms with van der Waals surface area (Å²) in [6.45, 7) is 5.51. The zero-order chi connectivity index (χ0) is 24.5. The Morgan fingerprint density at radius 1 is 0.943 bits per heavy atom. The van der Waals surface area contributed by atoms with E-state index in [9.17, 15) is 4.79 Å². The number of para-hydroxylation sites is 2. The summed E-state index contributed by atoms with van der Waals surface area (Å²) in [7, 11) is 3.21. The SMILES string of the molecule is CCOCCCn1c(C)nc2c(c1=O)c1nc3ccccc3nc1n2-c1cc(OC)ccc1OC. The predicted molar refractivity (Wildman–Crippen MR) is 135 cm³/mol. The van der Waals surface area contributed by atoms with E-state index in [1.54, 1.807) is 18.8 Å². The van der Waals surface area contributed by atoms with E-state index < -0.39 is 0 Å². The summed E-state index contributed by atoms with van der Waals surface area (Å²) in [5.41, 5.74) is 3.45. The molecule has 9 nitrogen and oxygen atoms in total. The maximum atomic E-state index is 13.8. The molecule has 0 bridgehead atoms. The highest BCUT2D eigenvalue weighted by molar-refractivity contribution is 6.06. The average Bonchev–Trinajstić information content (AvgIpc) is 3.18. The molecule has 0 spiro atoms. The Hall–Kier alpha value is -3.98. The summed E-state index contributed by atoms with van der Waals surface area (Å²) < 4.78 is 20.1. The van der Waals surface area contributed by atoms with Gasteiger partial charge in [0.1, 0.15) is 28.2 Å². The number of benzene rings is 2. The molecule has 0 unspecified atom stereocenters. The lowest BCUT2D eigenvalue weighted by Gasteiger charge is -2.14. The zero-order valence-electron chi connectivity index (χ0n) is 20.2. The summed E-state index contributed by atoms with van der Waals surface area (Å²) >= 11 is 0. The number of ether oxygens (including phenoxy) is 3. The van der Waals surface area contributed by atoms with Gasteiger partial charge in [-0.2, -0.15) is 0 Å². The smallest absolute Gasteiger partial charge is 0.265 e. The maximum Gasteiger partial charge on any atom is 0.265 e. The van der Waals surface area contributed by atoms with Crippen LogP contribution in [0.1, 0.15) is 19.2 Å². The second kappa shape index (κ2) is 9.34. The molecule has 5 aromatic rings. The van der Waals surface area contributed by atoms with E-state index in [1.807, 2.05) is 60.9 Å². The van der Waals surface area contributed by atoms with Crippen molar-refractivity contribution < 1.29 is 14.2 Å². The van der Waals surface area contributed by atoms with Crippen LogP contribution >= 0.6 is 0 Å². The van der Waals surface area contributed by atoms with Gasteiger partial charge in [0.05, 0.1) is 30.9 Å². The van der Waals surface area contributed by atoms with Gasteiger partial charge in [0.25, 0.3) is 5.56 Å². The van der Waals surface area contributed by atoms with Gasteiger partial charge in [0.2, 0.25) is 0 Å². The summed E-state index contributed by atoms with van der Waals surface area (Å²) in [5.74, 6) is 1.85. The lowest BCUT2D eigenvalue weighted by Crippen LogP contribution is -2.24. The molecule has 3 heterocycles. The molecular formula is C26H27N5O4. The van der Waals surface area contributed by atoms with Crippen LogP contribution in [0.3, 0.4) is 0 Å². The third-order valence-electron chi connectivity index (χ3n) is 6.05. The number of hydrogen-bond acceptors (Lipinski definition) is 7. The molecule has 0 fully saturated rings. The number of aryl methyl sites for hydroxylation is 1. The van der Waals surface area contributed by atoms with E-state index in [1.165, 1.54) is 0 Å². The van der Waals surface area contributed by atoms with Gasteiger partial charge in [0, 0.05) is 25.8 Å². The average molecular weight is 474 g/mol. The van der Waals surface area contributed by atoms with Crippen molar-refractivity contribution in [3.63, 3.8) is 0 Å². The number of fused-ring (bicyclic) bond motifs is 4. The minimum absolute atomic E-state index is 0.154. The van der Waals surface area contributed by atoms with Crippen LogP contribution < -0.4 is 15.0 Å². The second-order valence-electron chi connectivity index (χ2n) is 8.12. The summed E-state index contributed by atoms with van der Waals surface area (Å²) in [6.07, 6.45) is 0.707. The van der Waals surface area contributed by atoms with Crippen molar-refractivity contribution in [1.29, 1.82) is 0 Å². The van der Waals surface area contributed by atoms with Crippen molar-refractivity contribution in [2.45, 2.75) is 26.8 Å². The van der Waals surface area contributed by atoms with Crippen molar-refractivity contribution in [3.05, 3.63) is 58.6 Å². The van der Waals surface area contributed by atoms with Gasteiger partial charge in [-0.3, -0.25) is 13.9 Å². The van der Waals surface area contributed by atoms with E-state index in [-0.39, 0.29) is 5.56 Å². The third-order valence-corrected chi connectivity index (χ3v) is 6.05. The molecule has 0 atom stereocenters. The van der Waals surface area contributed by atoms with E-state index >= 15 is 0 Å². The molecule has 3 aromatic heterocycles. The Morgan fingerprint density at radius 2 is 1.71 bits per heavy atom. The van der Waals surface area contributed by atoms with Crippen LogP contribution in [0.4, 0.5) is 0 Å². The zero-order valence-corrected chi connectivity index (χ0v) is 20.2. The van der Waals surface area contributed by atoms with Crippen LogP contribution in [-0.2, 0) is 11.3 Å². The summed E-state index contributed by atoms with van der Waals surface area (Å²) in [5, 5.41) is 0.421. The molecule has 180 valence electrons. The molecule has 0 aliphatic rings. The Labute approximate surface area is 201 Å². The van der Waals surface area contributed by atoms with Crippen LogP contribution in [0.25, 0.3) is 38.9 Å². The van der Waals surface area contributed by atoms with Crippen LogP contribution in [0.15, 0.2) is 47.3 Å². The molecule has 0 aliphatic heterocycles. The second-order valence-corrected chi connectivity index (χ2v) is 8.12. The molecular weight excluding hydrogens is 446 g/mol. The first-order valence-corrected chi connectivity index (χ1v) is 11.6. The molecule has 35 heavy (non-hydrogen) atoms. The number of methoxy groups -OCH3 is 2. The van der Waals surface area contributed by atoms with Crippen molar-refractivity contribution >= 4 is 33.2 Å². The summed E-state index contributed by atoms with van der Waals surface area (Å²) in [4.78, 5) is 28.5. The quantitative estimate of drug-likeness (QED) is 0.314. The molecule has 0 N–H and O–H groups in total. The summed E-state index contributed by atoms with van der Waals surface area (Å²) in [6, 6.07) is 13.1. The normalized spacial score (nSPS) is 11.5. The maximum absolute atomic E-state index is 13.8. The molecule has 0 radical (unpaired) electrons. The van der Waals surface area contributed by atoms with Crippen LogP contribution in [0.2, 0.25) is 0 Å². The van der Waals surface area contributed by atoms with Crippen LogP contribution in [0.5, 0.6) is 11.5 Å². The number of aromatic nitrogens is 5. The highest BCUT2D eigenvalue weighted by Crippen LogP contribution is 2.34. The minimum Gasteiger partial charge on any atom is -0.497 e. The Bertz CT molecular complexity index is 1610. The molecule has 0 amide bonds. The fraction of sp³-hybridized carbons (Fsp3) is 0.308. The fourth-order valence-electron chi connectivity index (χ4n) is 4.36. The van der Waals surface area contributed by atoms with Crippen LogP contribution in [-0.4, -0.2) is 51.5 Å². The molecule has 9 heteroatoms. The fourth-order valence-corrected chi connectivity index (χ4v) is 4.36. The van der Waals surface area contributed by atoms with Crippen LogP contribution in [0, 0.1) is 6.92 Å². The highest BCUT2D eigenvalue weighted by atomic mass is 16.5. The van der Waals surface area contributed by atoms with Gasteiger partial charge < -0.3 is 14.2 Å².